The van der Waals surface area contributed by atoms with Crippen molar-refractivity contribution < 1.29 is 0 Å². The molecule has 2 aliphatic carbocycles. The normalized spacial score (nSPS) is 38.9. The largest absolute Gasteiger partial charge is 0.103 e. The van der Waals surface area contributed by atoms with Crippen molar-refractivity contribution in [3.8, 4) is 0 Å². The second-order valence-corrected chi connectivity index (χ2v) is 6.50. The lowest BCUT2D eigenvalue weighted by Gasteiger charge is -2.38. The monoisotopic (exact) mass is 234 g/mol. The summed E-state index contributed by atoms with van der Waals surface area (Å²) in [5.41, 5.74) is 0. The van der Waals surface area contributed by atoms with Gasteiger partial charge in [0.25, 0.3) is 0 Å². The van der Waals surface area contributed by atoms with Crippen LogP contribution in [0.3, 0.4) is 0 Å². The van der Waals surface area contributed by atoms with Gasteiger partial charge in [0.1, 0.15) is 0 Å². The summed E-state index contributed by atoms with van der Waals surface area (Å²) in [4.78, 5) is 0. The van der Waals surface area contributed by atoms with Gasteiger partial charge < -0.3 is 0 Å². The van der Waals surface area contributed by atoms with Crippen molar-refractivity contribution in [3.63, 3.8) is 0 Å². The summed E-state index contributed by atoms with van der Waals surface area (Å²) in [6.07, 6.45) is 17.0. The Bertz CT molecular complexity index is 228. The molecule has 2 fully saturated rings. The Morgan fingerprint density at radius 1 is 1.00 bits per heavy atom. The van der Waals surface area contributed by atoms with Gasteiger partial charge in [-0.25, -0.2) is 0 Å². The molecule has 0 aliphatic heterocycles. The zero-order valence-corrected chi connectivity index (χ0v) is 11.7. The van der Waals surface area contributed by atoms with Gasteiger partial charge in [-0.05, 0) is 42.9 Å². The third-order valence-corrected chi connectivity index (χ3v) is 5.28. The number of hydrogen-bond donors (Lipinski definition) is 0. The predicted octanol–water partition coefficient (Wildman–Crippen LogP) is 5.59. The van der Waals surface area contributed by atoms with Crippen molar-refractivity contribution in [3.05, 3.63) is 12.7 Å². The van der Waals surface area contributed by atoms with Gasteiger partial charge in [0, 0.05) is 0 Å². The van der Waals surface area contributed by atoms with Crippen molar-refractivity contribution in [1.82, 2.24) is 0 Å². The molecule has 2 rings (SSSR count). The van der Waals surface area contributed by atoms with Crippen LogP contribution < -0.4 is 0 Å². The summed E-state index contributed by atoms with van der Waals surface area (Å²) >= 11 is 0. The van der Waals surface area contributed by atoms with Gasteiger partial charge >= 0.3 is 0 Å². The minimum atomic E-state index is 0.834. The summed E-state index contributed by atoms with van der Waals surface area (Å²) in [5, 5.41) is 0. The first-order valence-corrected chi connectivity index (χ1v) is 7.96. The van der Waals surface area contributed by atoms with Gasteiger partial charge in [-0.15, -0.1) is 6.58 Å². The molecule has 0 aromatic carbocycles. The van der Waals surface area contributed by atoms with E-state index in [2.05, 4.69) is 19.6 Å². The van der Waals surface area contributed by atoms with Crippen LogP contribution in [0.25, 0.3) is 0 Å². The van der Waals surface area contributed by atoms with Crippen LogP contribution in [0.15, 0.2) is 12.7 Å². The van der Waals surface area contributed by atoms with E-state index in [-0.39, 0.29) is 0 Å². The third kappa shape index (κ3) is 3.60. The lowest BCUT2D eigenvalue weighted by molar-refractivity contribution is 0.141. The smallest absolute Gasteiger partial charge is 0.0233 e. The molecule has 0 N–H and O–H groups in total. The maximum absolute atomic E-state index is 4.01. The highest BCUT2D eigenvalue weighted by atomic mass is 14.4. The molecule has 98 valence electrons. The van der Waals surface area contributed by atoms with Crippen LogP contribution in [-0.4, -0.2) is 0 Å². The number of rotatable bonds is 4. The van der Waals surface area contributed by atoms with Gasteiger partial charge in [-0.3, -0.25) is 0 Å². The highest BCUT2D eigenvalue weighted by Crippen LogP contribution is 2.42. The molecule has 0 saturated heterocycles. The van der Waals surface area contributed by atoms with Gasteiger partial charge in [-0.2, -0.15) is 0 Å². The zero-order valence-electron chi connectivity index (χ0n) is 11.7. The van der Waals surface area contributed by atoms with Crippen LogP contribution in [0, 0.1) is 23.7 Å². The second kappa shape index (κ2) is 6.61. The average Bonchev–Trinajstić information content (AvgIpc) is 2.40. The Hall–Kier alpha value is -0.260. The first-order chi connectivity index (χ1) is 8.33. The van der Waals surface area contributed by atoms with Crippen LogP contribution in [0.1, 0.15) is 71.1 Å². The average molecular weight is 234 g/mol. The van der Waals surface area contributed by atoms with Gasteiger partial charge in [-0.1, -0.05) is 57.9 Å². The summed E-state index contributed by atoms with van der Waals surface area (Å²) in [6, 6.07) is 0. The molecule has 0 nitrogen and oxygen atoms in total. The fourth-order valence-electron chi connectivity index (χ4n) is 4.34. The lowest BCUT2D eigenvalue weighted by Crippen LogP contribution is -2.26. The molecule has 0 heteroatoms. The van der Waals surface area contributed by atoms with Crippen molar-refractivity contribution in [2.45, 2.75) is 71.1 Å². The summed E-state index contributed by atoms with van der Waals surface area (Å²) in [5.74, 6) is 3.98. The topological polar surface area (TPSA) is 0 Å². The molecular formula is C17H30. The molecule has 0 aromatic heterocycles. The van der Waals surface area contributed by atoms with Crippen molar-refractivity contribution >= 4 is 0 Å². The van der Waals surface area contributed by atoms with E-state index >= 15 is 0 Å². The van der Waals surface area contributed by atoms with Crippen LogP contribution in [0.4, 0.5) is 0 Å². The van der Waals surface area contributed by atoms with E-state index in [0.29, 0.717) is 0 Å². The van der Waals surface area contributed by atoms with E-state index in [0.717, 1.165) is 23.7 Å². The number of hydrogen-bond acceptors (Lipinski definition) is 0. The molecule has 17 heavy (non-hydrogen) atoms. The Labute approximate surface area is 108 Å². The Kier molecular flexibility index (Phi) is 5.13. The van der Waals surface area contributed by atoms with Gasteiger partial charge in [0.05, 0.1) is 0 Å². The molecule has 0 bridgehead atoms. The maximum atomic E-state index is 4.01. The first-order valence-electron chi connectivity index (χ1n) is 7.96. The Morgan fingerprint density at radius 3 is 2.41 bits per heavy atom. The van der Waals surface area contributed by atoms with E-state index in [4.69, 9.17) is 0 Å². The van der Waals surface area contributed by atoms with Crippen molar-refractivity contribution in [2.75, 3.05) is 0 Å². The molecule has 0 amide bonds. The lowest BCUT2D eigenvalue weighted by atomic mass is 9.67. The van der Waals surface area contributed by atoms with E-state index in [1.54, 1.807) is 6.42 Å². The fraction of sp³-hybridized carbons (Fsp3) is 0.882. The van der Waals surface area contributed by atoms with Crippen LogP contribution >= 0.6 is 0 Å². The molecule has 0 radical (unpaired) electrons. The molecular weight excluding hydrogens is 204 g/mol. The molecule has 2 aliphatic rings. The third-order valence-electron chi connectivity index (χ3n) is 5.28. The molecule has 0 aromatic rings. The minimum Gasteiger partial charge on any atom is -0.103 e. The number of allylic oxidation sites excluding steroid dienone is 1. The zero-order chi connectivity index (χ0) is 12.1. The predicted molar refractivity (Wildman–Crippen MR) is 76.0 cm³/mol. The molecule has 4 unspecified atom stereocenters. The summed E-state index contributed by atoms with van der Waals surface area (Å²) < 4.78 is 0. The van der Waals surface area contributed by atoms with Gasteiger partial charge in [0.15, 0.2) is 0 Å². The van der Waals surface area contributed by atoms with Crippen LogP contribution in [0.2, 0.25) is 0 Å². The Morgan fingerprint density at radius 2 is 1.71 bits per heavy atom. The van der Waals surface area contributed by atoms with E-state index < -0.39 is 0 Å². The highest BCUT2D eigenvalue weighted by molar-refractivity contribution is 4.88. The maximum Gasteiger partial charge on any atom is -0.0233 e. The van der Waals surface area contributed by atoms with Crippen molar-refractivity contribution in [2.24, 2.45) is 23.7 Å². The fourth-order valence-corrected chi connectivity index (χ4v) is 4.34. The molecule has 2 saturated carbocycles. The van der Waals surface area contributed by atoms with E-state index in [9.17, 15) is 0 Å². The van der Waals surface area contributed by atoms with Crippen LogP contribution in [0.5, 0.6) is 0 Å². The Balaban J connectivity index is 1.85. The second-order valence-electron chi connectivity index (χ2n) is 6.50. The SMILES string of the molecule is C=CC1CCCC(C2CCCC(CCC)C2)C1. The molecule has 0 spiro atoms. The van der Waals surface area contributed by atoms with Crippen LogP contribution in [-0.2, 0) is 0 Å². The minimum absolute atomic E-state index is 0.834. The van der Waals surface area contributed by atoms with Crippen molar-refractivity contribution in [1.29, 1.82) is 0 Å². The standard InChI is InChI=1S/C17H30/c1-3-7-15-9-6-11-17(13-15)16-10-5-8-14(4-2)12-16/h4,14-17H,2-3,5-13H2,1H3. The summed E-state index contributed by atoms with van der Waals surface area (Å²) in [6.45, 7) is 6.35. The molecule has 4 atom stereocenters. The van der Waals surface area contributed by atoms with E-state index in [1.165, 1.54) is 57.8 Å². The van der Waals surface area contributed by atoms with E-state index in [1.807, 2.05) is 0 Å². The first kappa shape index (κ1) is 13.2. The quantitative estimate of drug-likeness (QED) is 0.557. The van der Waals surface area contributed by atoms with Gasteiger partial charge in [0.2, 0.25) is 0 Å². The summed E-state index contributed by atoms with van der Waals surface area (Å²) in [7, 11) is 0. The molecule has 0 heterocycles. The highest BCUT2D eigenvalue weighted by Gasteiger charge is 2.30.